The van der Waals surface area contributed by atoms with Gasteiger partial charge in [0.1, 0.15) is 11.3 Å². The Kier molecular flexibility index (Phi) is 8.23. The van der Waals surface area contributed by atoms with Crippen LogP contribution < -0.4 is 16.4 Å². The summed E-state index contributed by atoms with van der Waals surface area (Å²) in [7, 11) is 0. The third-order valence-corrected chi connectivity index (χ3v) is 6.44. The van der Waals surface area contributed by atoms with Gasteiger partial charge in [0.25, 0.3) is 0 Å². The zero-order valence-corrected chi connectivity index (χ0v) is 21.0. The van der Waals surface area contributed by atoms with Gasteiger partial charge >= 0.3 is 6.09 Å². The number of carbonyl (C=O) groups is 4. The Morgan fingerprint density at radius 2 is 2.03 bits per heavy atom. The fourth-order valence-electron chi connectivity index (χ4n) is 3.64. The third kappa shape index (κ3) is 6.61. The molecular weight excluding hydrogens is 478 g/mol. The Morgan fingerprint density at radius 3 is 2.60 bits per heavy atom. The molecule has 0 unspecified atom stereocenters. The van der Waals surface area contributed by atoms with Gasteiger partial charge in [-0.15, -0.1) is 11.3 Å². The molecule has 0 aliphatic carbocycles. The highest BCUT2D eigenvalue weighted by Crippen LogP contribution is 2.28. The lowest BCUT2D eigenvalue weighted by Gasteiger charge is -2.35. The Labute approximate surface area is 206 Å². The number of oxime groups is 1. The van der Waals surface area contributed by atoms with Crippen LogP contribution in [0.15, 0.2) is 10.5 Å². The number of β-lactam (4-membered cyclic amide) rings is 1. The largest absolute Gasteiger partial charge is 0.444 e. The Bertz CT molecular complexity index is 1010. The predicted octanol–water partition coefficient (Wildman–Crippen LogP) is 1.38. The predicted molar refractivity (Wildman–Crippen MR) is 127 cm³/mol. The van der Waals surface area contributed by atoms with Crippen molar-refractivity contribution < 1.29 is 33.5 Å². The number of ketones is 2. The van der Waals surface area contributed by atoms with Gasteiger partial charge in [-0.05, 0) is 27.7 Å². The lowest BCUT2D eigenvalue weighted by atomic mass is 9.85. The van der Waals surface area contributed by atoms with Gasteiger partial charge in [-0.2, -0.15) is 0 Å². The molecule has 2 aliphatic rings. The molecule has 1 aromatic rings. The maximum absolute atomic E-state index is 13.2. The van der Waals surface area contributed by atoms with Gasteiger partial charge < -0.3 is 25.4 Å². The van der Waals surface area contributed by atoms with Crippen LogP contribution in [0.1, 0.15) is 52.7 Å². The first-order valence-electron chi connectivity index (χ1n) is 11.3. The summed E-state index contributed by atoms with van der Waals surface area (Å²) in [4.78, 5) is 59.6. The minimum Gasteiger partial charge on any atom is -0.444 e. The highest BCUT2D eigenvalue weighted by Gasteiger charge is 2.42. The standard InChI is InChI=1S/C22H31N5O7S/c1-12(28)22(5-7-32-8-6-22)34-27-17(16(29)9-13-14(10-23)24-18(13)30)15-11-35-19(25-15)26-20(31)33-21(2,3)4/h11,13-14H,5-10,23H2,1-4H3,(H,24,30)(H,25,26,31)/b27-17-/t13-,14+/m0/s1. The van der Waals surface area contributed by atoms with E-state index in [2.05, 4.69) is 20.8 Å². The molecule has 3 rings (SSSR count). The minimum absolute atomic E-state index is 0.140. The van der Waals surface area contributed by atoms with Crippen molar-refractivity contribution in [2.75, 3.05) is 25.1 Å². The second-order valence-electron chi connectivity index (χ2n) is 9.44. The van der Waals surface area contributed by atoms with Gasteiger partial charge in [-0.25, -0.2) is 9.78 Å². The summed E-state index contributed by atoms with van der Waals surface area (Å²) < 4.78 is 10.6. The number of aromatic nitrogens is 1. The molecule has 2 aliphatic heterocycles. The molecule has 0 saturated carbocycles. The highest BCUT2D eigenvalue weighted by molar-refractivity contribution is 7.14. The van der Waals surface area contributed by atoms with Crippen molar-refractivity contribution in [3.8, 4) is 0 Å². The molecule has 4 N–H and O–H groups in total. The normalized spacial score (nSPS) is 22.0. The molecule has 0 radical (unpaired) electrons. The van der Waals surface area contributed by atoms with Gasteiger partial charge in [0.05, 0.1) is 25.2 Å². The Hall–Kier alpha value is -2.90. The van der Waals surface area contributed by atoms with Crippen LogP contribution in [-0.4, -0.2) is 71.3 Å². The average Bonchev–Trinajstić information content (AvgIpc) is 3.22. The summed E-state index contributed by atoms with van der Waals surface area (Å²) in [5.74, 6) is -1.60. The molecule has 1 aromatic heterocycles. The van der Waals surface area contributed by atoms with E-state index in [9.17, 15) is 19.2 Å². The van der Waals surface area contributed by atoms with Crippen LogP contribution in [0.25, 0.3) is 0 Å². The van der Waals surface area contributed by atoms with Crippen LogP contribution in [0.5, 0.6) is 0 Å². The number of nitrogens with two attached hydrogens (primary N) is 1. The van der Waals surface area contributed by atoms with E-state index in [1.807, 2.05) is 0 Å². The van der Waals surface area contributed by atoms with E-state index in [4.69, 9.17) is 20.0 Å². The number of hydrogen-bond donors (Lipinski definition) is 3. The van der Waals surface area contributed by atoms with Crippen molar-refractivity contribution in [3.05, 3.63) is 11.1 Å². The summed E-state index contributed by atoms with van der Waals surface area (Å²) in [6.07, 6.45) is -0.279. The molecule has 35 heavy (non-hydrogen) atoms. The minimum atomic E-state index is -1.22. The number of thiazole rings is 1. The molecule has 13 heteroatoms. The smallest absolute Gasteiger partial charge is 0.413 e. The molecule has 0 spiro atoms. The first-order chi connectivity index (χ1) is 16.4. The molecule has 12 nitrogen and oxygen atoms in total. The van der Waals surface area contributed by atoms with Crippen molar-refractivity contribution in [3.63, 3.8) is 0 Å². The van der Waals surface area contributed by atoms with E-state index < -0.39 is 29.0 Å². The van der Waals surface area contributed by atoms with Gasteiger partial charge in [0, 0.05) is 31.2 Å². The quantitative estimate of drug-likeness (QED) is 0.253. The van der Waals surface area contributed by atoms with Crippen LogP contribution in [0, 0.1) is 5.92 Å². The fraction of sp³-hybridized carbons (Fsp3) is 0.636. The zero-order valence-electron chi connectivity index (χ0n) is 20.2. The van der Waals surface area contributed by atoms with Crippen molar-refractivity contribution in [2.45, 2.75) is 64.2 Å². The number of nitrogens with one attached hydrogen (secondary N) is 2. The summed E-state index contributed by atoms with van der Waals surface area (Å²) in [6, 6.07) is -0.312. The number of rotatable bonds is 9. The SMILES string of the molecule is CC(=O)C1(O/N=C(\C(=O)C[C@@H]2C(=O)N[C@@H]2CN)c2csc(NC(=O)OC(C)(C)C)n2)CCOCC1. The topological polar surface area (TPSA) is 171 Å². The second-order valence-corrected chi connectivity index (χ2v) is 10.3. The summed E-state index contributed by atoms with van der Waals surface area (Å²) in [6.45, 7) is 7.42. The van der Waals surface area contributed by atoms with Gasteiger partial charge in [-0.3, -0.25) is 19.7 Å². The Balaban J connectivity index is 1.85. The number of Topliss-reactive ketones (excluding diaryl/α,β-unsaturated/α-hetero) is 2. The van der Waals surface area contributed by atoms with Crippen LogP contribution in [0.3, 0.4) is 0 Å². The number of ether oxygens (including phenoxy) is 2. The monoisotopic (exact) mass is 509 g/mol. The van der Waals surface area contributed by atoms with Crippen molar-refractivity contribution in [2.24, 2.45) is 16.8 Å². The van der Waals surface area contributed by atoms with Crippen molar-refractivity contribution >= 4 is 45.7 Å². The van der Waals surface area contributed by atoms with E-state index >= 15 is 0 Å². The number of hydrogen-bond acceptors (Lipinski definition) is 11. The zero-order chi connectivity index (χ0) is 25.8. The van der Waals surface area contributed by atoms with Crippen LogP contribution in [-0.2, 0) is 28.7 Å². The average molecular weight is 510 g/mol. The molecule has 0 aromatic carbocycles. The fourth-order valence-corrected chi connectivity index (χ4v) is 4.33. The van der Waals surface area contributed by atoms with Crippen LogP contribution in [0.4, 0.5) is 9.93 Å². The molecule has 0 bridgehead atoms. The molecule has 2 fully saturated rings. The lowest BCUT2D eigenvalue weighted by Crippen LogP contribution is -2.61. The van der Waals surface area contributed by atoms with Gasteiger partial charge in [0.2, 0.25) is 5.91 Å². The van der Waals surface area contributed by atoms with Gasteiger partial charge in [-0.1, -0.05) is 5.16 Å². The second kappa shape index (κ2) is 10.8. The van der Waals surface area contributed by atoms with E-state index in [1.165, 1.54) is 12.3 Å². The van der Waals surface area contributed by atoms with E-state index in [0.29, 0.717) is 13.2 Å². The maximum Gasteiger partial charge on any atom is 0.413 e. The number of carbonyl (C=O) groups excluding carboxylic acids is 4. The van der Waals surface area contributed by atoms with E-state index in [-0.39, 0.29) is 60.1 Å². The number of anilines is 1. The van der Waals surface area contributed by atoms with E-state index in [0.717, 1.165) is 11.3 Å². The first-order valence-corrected chi connectivity index (χ1v) is 12.2. The molecule has 192 valence electrons. The molecule has 2 atom stereocenters. The summed E-state index contributed by atoms with van der Waals surface area (Å²) in [5.41, 5.74) is 3.73. The molecule has 2 amide bonds. The number of nitrogens with zero attached hydrogens (tertiary/aromatic N) is 2. The first kappa shape index (κ1) is 26.7. The summed E-state index contributed by atoms with van der Waals surface area (Å²) >= 11 is 1.06. The molecule has 2 saturated heterocycles. The van der Waals surface area contributed by atoms with Crippen molar-refractivity contribution in [1.29, 1.82) is 0 Å². The molecule has 3 heterocycles. The van der Waals surface area contributed by atoms with Crippen LogP contribution in [0.2, 0.25) is 0 Å². The van der Waals surface area contributed by atoms with Gasteiger partial charge in [0.15, 0.2) is 28.0 Å². The summed E-state index contributed by atoms with van der Waals surface area (Å²) in [5, 5.41) is 11.0. The van der Waals surface area contributed by atoms with E-state index in [1.54, 1.807) is 20.8 Å². The van der Waals surface area contributed by atoms with Crippen molar-refractivity contribution in [1.82, 2.24) is 10.3 Å². The third-order valence-electron chi connectivity index (χ3n) is 5.68. The highest BCUT2D eigenvalue weighted by atomic mass is 32.1. The maximum atomic E-state index is 13.2. The van der Waals surface area contributed by atoms with Crippen LogP contribution >= 0.6 is 11.3 Å². The lowest BCUT2D eigenvalue weighted by molar-refractivity contribution is -0.156. The molecular formula is C22H31N5O7S. The Morgan fingerprint density at radius 1 is 1.34 bits per heavy atom. The number of amides is 2.